The molecule has 0 aliphatic heterocycles. The zero-order chi connectivity index (χ0) is 14.5. The molecule has 0 unspecified atom stereocenters. The van der Waals surface area contributed by atoms with Gasteiger partial charge in [-0.2, -0.15) is 0 Å². The predicted octanol–water partition coefficient (Wildman–Crippen LogP) is 5.35. The van der Waals surface area contributed by atoms with Crippen LogP contribution >= 0.6 is 0 Å². The summed E-state index contributed by atoms with van der Waals surface area (Å²) in [5.41, 5.74) is 5.09. The first kappa shape index (κ1) is 14.8. The normalized spacial score (nSPS) is 11.3. The minimum absolute atomic E-state index is 0.682. The molecule has 2 radical (unpaired) electrons. The predicted molar refractivity (Wildman–Crippen MR) is 86.6 cm³/mol. The Bertz CT molecular complexity index is 498. The second kappa shape index (κ2) is 6.74. The van der Waals surface area contributed by atoms with Crippen molar-refractivity contribution in [2.24, 2.45) is 11.8 Å². The third-order valence-corrected chi connectivity index (χ3v) is 3.31. The monoisotopic (exact) mass is 264 g/mol. The maximum atomic E-state index is 3.35. The van der Waals surface area contributed by atoms with Crippen LogP contribution in [-0.2, 0) is 12.8 Å². The van der Waals surface area contributed by atoms with E-state index >= 15 is 0 Å². The SMILES string of the molecule is CC(C)Cc1cc[c]c(-c2[c]ccc(CC(C)C)c2)c1. The van der Waals surface area contributed by atoms with Gasteiger partial charge < -0.3 is 0 Å². The van der Waals surface area contributed by atoms with E-state index in [-0.39, 0.29) is 0 Å². The average Bonchev–Trinajstić information content (AvgIpc) is 2.38. The zero-order valence-corrected chi connectivity index (χ0v) is 13.0. The van der Waals surface area contributed by atoms with Gasteiger partial charge in [0.2, 0.25) is 0 Å². The van der Waals surface area contributed by atoms with Crippen LogP contribution in [0.5, 0.6) is 0 Å². The second-order valence-electron chi connectivity index (χ2n) is 6.42. The van der Waals surface area contributed by atoms with Crippen LogP contribution in [0.4, 0.5) is 0 Å². The van der Waals surface area contributed by atoms with E-state index in [1.54, 1.807) is 0 Å². The summed E-state index contributed by atoms with van der Waals surface area (Å²) in [5, 5.41) is 0. The van der Waals surface area contributed by atoms with E-state index in [4.69, 9.17) is 0 Å². The second-order valence-corrected chi connectivity index (χ2v) is 6.42. The van der Waals surface area contributed by atoms with E-state index in [1.165, 1.54) is 11.1 Å². The Balaban J connectivity index is 2.26. The molecule has 0 aliphatic rings. The molecule has 0 saturated carbocycles. The van der Waals surface area contributed by atoms with E-state index in [9.17, 15) is 0 Å². The lowest BCUT2D eigenvalue weighted by molar-refractivity contribution is 0.647. The van der Waals surface area contributed by atoms with Crippen molar-refractivity contribution in [1.82, 2.24) is 0 Å². The molecule has 0 amide bonds. The van der Waals surface area contributed by atoms with Gasteiger partial charge in [0.1, 0.15) is 0 Å². The fourth-order valence-corrected chi connectivity index (χ4v) is 2.54. The largest absolute Gasteiger partial charge is 0.0625 e. The Morgan fingerprint density at radius 2 is 1.15 bits per heavy atom. The van der Waals surface area contributed by atoms with Crippen LogP contribution in [0.2, 0.25) is 0 Å². The zero-order valence-electron chi connectivity index (χ0n) is 13.0. The Morgan fingerprint density at radius 1 is 0.750 bits per heavy atom. The first-order valence-electron chi connectivity index (χ1n) is 7.56. The van der Waals surface area contributed by atoms with Gasteiger partial charge in [0.05, 0.1) is 0 Å². The third kappa shape index (κ3) is 4.23. The molecule has 0 heteroatoms. The Kier molecular flexibility index (Phi) is 5.00. The Labute approximate surface area is 123 Å². The van der Waals surface area contributed by atoms with Crippen molar-refractivity contribution in [2.45, 2.75) is 40.5 Å². The average molecular weight is 264 g/mol. The highest BCUT2D eigenvalue weighted by Gasteiger charge is 2.04. The summed E-state index contributed by atoms with van der Waals surface area (Å²) < 4.78 is 0. The van der Waals surface area contributed by atoms with Crippen molar-refractivity contribution in [2.75, 3.05) is 0 Å². The molecule has 2 rings (SSSR count). The molecule has 0 bridgehead atoms. The number of rotatable bonds is 5. The van der Waals surface area contributed by atoms with Crippen molar-refractivity contribution < 1.29 is 0 Å². The highest BCUT2D eigenvalue weighted by atomic mass is 14.1. The van der Waals surface area contributed by atoms with Crippen LogP contribution in [0.1, 0.15) is 38.8 Å². The van der Waals surface area contributed by atoms with Crippen LogP contribution in [0.15, 0.2) is 36.4 Å². The first-order chi connectivity index (χ1) is 9.54. The summed E-state index contributed by atoms with van der Waals surface area (Å²) in [4.78, 5) is 0. The molecule has 20 heavy (non-hydrogen) atoms. The molecule has 0 saturated heterocycles. The summed E-state index contributed by atoms with van der Waals surface area (Å²) in [5.74, 6) is 1.36. The molecule has 104 valence electrons. The standard InChI is InChI=1S/C20H24/c1-15(2)11-17-7-5-9-19(13-17)20-10-6-8-18(14-20)12-16(3)4/h5-8,13-16H,11-12H2,1-4H3. The maximum absolute atomic E-state index is 3.35. The topological polar surface area (TPSA) is 0 Å². The highest BCUT2D eigenvalue weighted by molar-refractivity contribution is 5.63. The molecule has 0 atom stereocenters. The molecule has 0 aliphatic carbocycles. The Morgan fingerprint density at radius 3 is 1.50 bits per heavy atom. The smallest absolute Gasteiger partial charge is 0.00961 e. The van der Waals surface area contributed by atoms with Crippen molar-refractivity contribution in [3.63, 3.8) is 0 Å². The molecule has 2 aromatic carbocycles. The van der Waals surface area contributed by atoms with Gasteiger partial charge >= 0.3 is 0 Å². The maximum Gasteiger partial charge on any atom is -0.00961 e. The molecule has 0 heterocycles. The van der Waals surface area contributed by atoms with Crippen LogP contribution in [0.3, 0.4) is 0 Å². The summed E-state index contributed by atoms with van der Waals surface area (Å²) in [6.45, 7) is 9.02. The molecule has 0 nitrogen and oxygen atoms in total. The van der Waals surface area contributed by atoms with Crippen LogP contribution in [0, 0.1) is 24.0 Å². The number of hydrogen-bond donors (Lipinski definition) is 0. The number of benzene rings is 2. The number of hydrogen-bond acceptors (Lipinski definition) is 0. The van der Waals surface area contributed by atoms with E-state index in [1.807, 2.05) is 12.1 Å². The van der Waals surface area contributed by atoms with Gasteiger partial charge in [-0.15, -0.1) is 0 Å². The van der Waals surface area contributed by atoms with E-state index in [2.05, 4.69) is 64.1 Å². The molecule has 0 fully saturated rings. The quantitative estimate of drug-likeness (QED) is 0.682. The van der Waals surface area contributed by atoms with Crippen molar-refractivity contribution in [1.29, 1.82) is 0 Å². The molecule has 0 aromatic heterocycles. The van der Waals surface area contributed by atoms with Crippen molar-refractivity contribution >= 4 is 0 Å². The van der Waals surface area contributed by atoms with Crippen molar-refractivity contribution in [3.05, 3.63) is 59.7 Å². The fourth-order valence-electron chi connectivity index (χ4n) is 2.54. The van der Waals surface area contributed by atoms with E-state index in [0.717, 1.165) is 24.0 Å². The molecular weight excluding hydrogens is 240 g/mol. The molecule has 2 aromatic rings. The minimum Gasteiger partial charge on any atom is -0.0625 e. The summed E-state index contributed by atoms with van der Waals surface area (Å²) in [7, 11) is 0. The van der Waals surface area contributed by atoms with Gasteiger partial charge in [-0.05, 0) is 59.1 Å². The van der Waals surface area contributed by atoms with Gasteiger partial charge in [-0.3, -0.25) is 0 Å². The molecule has 0 spiro atoms. The van der Waals surface area contributed by atoms with Crippen LogP contribution in [0.25, 0.3) is 11.1 Å². The first-order valence-corrected chi connectivity index (χ1v) is 7.56. The summed E-state index contributed by atoms with van der Waals surface area (Å²) in [6, 6.07) is 19.6. The highest BCUT2D eigenvalue weighted by Crippen LogP contribution is 2.22. The van der Waals surface area contributed by atoms with Crippen molar-refractivity contribution in [3.8, 4) is 11.1 Å². The summed E-state index contributed by atoms with van der Waals surface area (Å²) >= 11 is 0. The van der Waals surface area contributed by atoms with Crippen LogP contribution in [-0.4, -0.2) is 0 Å². The van der Waals surface area contributed by atoms with E-state index in [0.29, 0.717) is 11.8 Å². The molecular formula is C20H24. The Hall–Kier alpha value is -1.56. The van der Waals surface area contributed by atoms with Gasteiger partial charge in [-0.25, -0.2) is 0 Å². The van der Waals surface area contributed by atoms with Gasteiger partial charge in [0, 0.05) is 0 Å². The van der Waals surface area contributed by atoms with Gasteiger partial charge in [-0.1, -0.05) is 64.1 Å². The lowest BCUT2D eigenvalue weighted by Crippen LogP contribution is -1.95. The summed E-state index contributed by atoms with van der Waals surface area (Å²) in [6.07, 6.45) is 2.24. The molecule has 0 N–H and O–H groups in total. The fraction of sp³-hybridized carbons (Fsp3) is 0.400. The van der Waals surface area contributed by atoms with Gasteiger partial charge in [0.25, 0.3) is 0 Å². The van der Waals surface area contributed by atoms with Crippen LogP contribution < -0.4 is 0 Å². The lowest BCUT2D eigenvalue weighted by atomic mass is 9.95. The third-order valence-electron chi connectivity index (χ3n) is 3.31. The lowest BCUT2D eigenvalue weighted by Gasteiger charge is -2.09. The minimum atomic E-state index is 0.682. The van der Waals surface area contributed by atoms with E-state index < -0.39 is 0 Å². The van der Waals surface area contributed by atoms with Gasteiger partial charge in [0.15, 0.2) is 0 Å².